The van der Waals surface area contributed by atoms with E-state index in [-0.39, 0.29) is 0 Å². The van der Waals surface area contributed by atoms with Crippen LogP contribution in [0.5, 0.6) is 0 Å². The lowest BCUT2D eigenvalue weighted by Gasteiger charge is -2.30. The molecular weight excluding hydrogens is 250 g/mol. The molecule has 0 aromatic carbocycles. The lowest BCUT2D eigenvalue weighted by molar-refractivity contribution is 0.202. The van der Waals surface area contributed by atoms with Crippen molar-refractivity contribution in [3.63, 3.8) is 0 Å². The second-order valence-corrected chi connectivity index (χ2v) is 6.19. The van der Waals surface area contributed by atoms with Crippen LogP contribution in [0, 0.1) is 5.92 Å². The highest BCUT2D eigenvalue weighted by atomic mass is 16.5. The van der Waals surface area contributed by atoms with Gasteiger partial charge in [-0.05, 0) is 31.2 Å². The summed E-state index contributed by atoms with van der Waals surface area (Å²) in [6, 6.07) is 2.62. The van der Waals surface area contributed by atoms with Gasteiger partial charge in [0.2, 0.25) is 0 Å². The van der Waals surface area contributed by atoms with Crippen molar-refractivity contribution in [3.05, 3.63) is 18.1 Å². The van der Waals surface area contributed by atoms with Crippen LogP contribution in [0.1, 0.15) is 51.8 Å². The molecule has 2 unspecified atom stereocenters. The third-order valence-corrected chi connectivity index (χ3v) is 4.11. The molecule has 20 heavy (non-hydrogen) atoms. The quantitative estimate of drug-likeness (QED) is 0.800. The summed E-state index contributed by atoms with van der Waals surface area (Å²) in [6.07, 6.45) is 5.71. The van der Waals surface area contributed by atoms with E-state index in [4.69, 9.17) is 9.72 Å². The molecule has 0 aliphatic heterocycles. The van der Waals surface area contributed by atoms with Gasteiger partial charge < -0.3 is 9.64 Å². The fourth-order valence-corrected chi connectivity index (χ4v) is 2.94. The number of anilines is 1. The maximum atomic E-state index is 5.27. The Kier molecular flexibility index (Phi) is 5.35. The van der Waals surface area contributed by atoms with E-state index in [9.17, 15) is 0 Å². The van der Waals surface area contributed by atoms with E-state index in [2.05, 4.69) is 30.7 Å². The van der Waals surface area contributed by atoms with Crippen LogP contribution >= 0.6 is 0 Å². The molecule has 112 valence electrons. The van der Waals surface area contributed by atoms with Gasteiger partial charge in [-0.25, -0.2) is 9.97 Å². The number of hydrogen-bond acceptors (Lipinski definition) is 4. The first-order valence-corrected chi connectivity index (χ1v) is 7.70. The van der Waals surface area contributed by atoms with Crippen LogP contribution in [-0.2, 0) is 4.74 Å². The Morgan fingerprint density at radius 2 is 2.20 bits per heavy atom. The summed E-state index contributed by atoms with van der Waals surface area (Å²) >= 11 is 0. The molecule has 0 amide bonds. The fraction of sp³-hybridized carbons (Fsp3) is 0.750. The van der Waals surface area contributed by atoms with E-state index >= 15 is 0 Å². The number of aromatic nitrogens is 2. The minimum atomic E-state index is 0.363. The average Bonchev–Trinajstić information content (AvgIpc) is 2.86. The van der Waals surface area contributed by atoms with Crippen LogP contribution in [0.2, 0.25) is 0 Å². The maximum Gasteiger partial charge on any atom is 0.133 e. The Morgan fingerprint density at radius 3 is 2.80 bits per heavy atom. The number of methoxy groups -OCH3 is 1. The van der Waals surface area contributed by atoms with Crippen LogP contribution < -0.4 is 4.90 Å². The van der Waals surface area contributed by atoms with Gasteiger partial charge in [0.25, 0.3) is 0 Å². The largest absolute Gasteiger partial charge is 0.383 e. The number of rotatable bonds is 6. The van der Waals surface area contributed by atoms with E-state index in [1.807, 2.05) is 12.3 Å². The Balaban J connectivity index is 2.19. The van der Waals surface area contributed by atoms with Crippen LogP contribution in [-0.4, -0.2) is 36.3 Å². The minimum Gasteiger partial charge on any atom is -0.383 e. The zero-order valence-corrected chi connectivity index (χ0v) is 13.2. The molecule has 1 aliphatic rings. The molecule has 2 atom stereocenters. The molecule has 1 aliphatic carbocycles. The van der Waals surface area contributed by atoms with Gasteiger partial charge in [-0.2, -0.15) is 0 Å². The van der Waals surface area contributed by atoms with E-state index in [0.717, 1.165) is 30.7 Å². The van der Waals surface area contributed by atoms with E-state index in [1.165, 1.54) is 19.3 Å². The Bertz CT molecular complexity index is 422. The van der Waals surface area contributed by atoms with Crippen LogP contribution in [0.25, 0.3) is 0 Å². The van der Waals surface area contributed by atoms with Gasteiger partial charge in [0, 0.05) is 31.8 Å². The number of nitrogens with zero attached hydrogens (tertiary/aromatic N) is 3. The molecule has 1 saturated carbocycles. The van der Waals surface area contributed by atoms with Crippen LogP contribution in [0.3, 0.4) is 0 Å². The third-order valence-electron chi connectivity index (χ3n) is 4.11. The summed E-state index contributed by atoms with van der Waals surface area (Å²) < 4.78 is 5.27. The Morgan fingerprint density at radius 1 is 1.40 bits per heavy atom. The summed E-state index contributed by atoms with van der Waals surface area (Å²) in [5.41, 5.74) is 0. The SMILES string of the molecule is COCCN(c1ccnc(C(C)C)n1)C1CCC(C)C1. The van der Waals surface area contributed by atoms with E-state index < -0.39 is 0 Å². The average molecular weight is 277 g/mol. The molecule has 4 heteroatoms. The van der Waals surface area contributed by atoms with Crippen molar-refractivity contribution in [2.45, 2.75) is 52.0 Å². The summed E-state index contributed by atoms with van der Waals surface area (Å²) in [5.74, 6) is 3.16. The first-order chi connectivity index (χ1) is 9.61. The van der Waals surface area contributed by atoms with E-state index in [1.54, 1.807) is 7.11 Å². The van der Waals surface area contributed by atoms with Crippen LogP contribution in [0.15, 0.2) is 12.3 Å². The van der Waals surface area contributed by atoms with Crippen molar-refractivity contribution in [3.8, 4) is 0 Å². The molecule has 0 saturated heterocycles. The Labute approximate surface area is 122 Å². The fourth-order valence-electron chi connectivity index (χ4n) is 2.94. The lowest BCUT2D eigenvalue weighted by Crippen LogP contribution is -2.37. The number of hydrogen-bond donors (Lipinski definition) is 0. The highest BCUT2D eigenvalue weighted by Crippen LogP contribution is 2.31. The van der Waals surface area contributed by atoms with Gasteiger partial charge in [0.1, 0.15) is 11.6 Å². The molecule has 0 radical (unpaired) electrons. The summed E-state index contributed by atoms with van der Waals surface area (Å²) in [6.45, 7) is 8.26. The molecule has 1 fully saturated rings. The third kappa shape index (κ3) is 3.69. The normalized spacial score (nSPS) is 22.4. The van der Waals surface area contributed by atoms with E-state index in [0.29, 0.717) is 12.0 Å². The van der Waals surface area contributed by atoms with Gasteiger partial charge in [0.05, 0.1) is 6.61 Å². The van der Waals surface area contributed by atoms with Crippen molar-refractivity contribution >= 4 is 5.82 Å². The molecule has 0 spiro atoms. The zero-order valence-electron chi connectivity index (χ0n) is 13.2. The van der Waals surface area contributed by atoms with Crippen molar-refractivity contribution in [2.75, 3.05) is 25.2 Å². The van der Waals surface area contributed by atoms with Crippen LogP contribution in [0.4, 0.5) is 5.82 Å². The maximum absolute atomic E-state index is 5.27. The van der Waals surface area contributed by atoms with Crippen molar-refractivity contribution in [2.24, 2.45) is 5.92 Å². The van der Waals surface area contributed by atoms with Crippen molar-refractivity contribution < 1.29 is 4.74 Å². The highest BCUT2D eigenvalue weighted by molar-refractivity contribution is 5.39. The summed E-state index contributed by atoms with van der Waals surface area (Å²) in [7, 11) is 1.76. The first kappa shape index (κ1) is 15.2. The van der Waals surface area contributed by atoms with Gasteiger partial charge >= 0.3 is 0 Å². The highest BCUT2D eigenvalue weighted by Gasteiger charge is 2.27. The Hall–Kier alpha value is -1.16. The lowest BCUT2D eigenvalue weighted by atomic mass is 10.1. The van der Waals surface area contributed by atoms with Crippen molar-refractivity contribution in [1.82, 2.24) is 9.97 Å². The van der Waals surface area contributed by atoms with Gasteiger partial charge in [-0.15, -0.1) is 0 Å². The standard InChI is InChI=1S/C16H27N3O/c1-12(2)16-17-8-7-15(18-16)19(9-10-20-4)14-6-5-13(3)11-14/h7-8,12-14H,5-6,9-11H2,1-4H3. The molecule has 2 rings (SSSR count). The smallest absolute Gasteiger partial charge is 0.133 e. The zero-order chi connectivity index (χ0) is 14.5. The van der Waals surface area contributed by atoms with Crippen molar-refractivity contribution in [1.29, 1.82) is 0 Å². The molecule has 1 aromatic rings. The summed E-state index contributed by atoms with van der Waals surface area (Å²) in [4.78, 5) is 11.5. The second-order valence-electron chi connectivity index (χ2n) is 6.19. The molecule has 1 aromatic heterocycles. The predicted molar refractivity (Wildman–Crippen MR) is 82.1 cm³/mol. The van der Waals surface area contributed by atoms with Gasteiger partial charge in [0.15, 0.2) is 0 Å². The monoisotopic (exact) mass is 277 g/mol. The number of ether oxygens (including phenoxy) is 1. The van der Waals surface area contributed by atoms with Gasteiger partial charge in [-0.3, -0.25) is 0 Å². The molecule has 4 nitrogen and oxygen atoms in total. The molecule has 0 N–H and O–H groups in total. The molecular formula is C16H27N3O. The topological polar surface area (TPSA) is 38.2 Å². The molecule has 0 bridgehead atoms. The minimum absolute atomic E-state index is 0.363. The first-order valence-electron chi connectivity index (χ1n) is 7.70. The van der Waals surface area contributed by atoms with Gasteiger partial charge in [-0.1, -0.05) is 20.8 Å². The second kappa shape index (κ2) is 7.02. The predicted octanol–water partition coefficient (Wildman–Crippen LogP) is 3.24. The summed E-state index contributed by atoms with van der Waals surface area (Å²) in [5, 5.41) is 0. The molecule has 1 heterocycles.